The standard InChI is InChI=1S/C17H17N3O/c1-3-11-4-6-12(7-5-11)17-19-15-9-8-13(21-2)10-14(15)16(18)20-17/h4-10H,3H2,1-2H3,(H2,18,19,20). The molecule has 2 aromatic carbocycles. The summed E-state index contributed by atoms with van der Waals surface area (Å²) in [5.41, 5.74) is 9.14. The zero-order valence-corrected chi connectivity index (χ0v) is 12.1. The van der Waals surface area contributed by atoms with Crippen LogP contribution in [0, 0.1) is 0 Å². The average Bonchev–Trinajstić information content (AvgIpc) is 2.54. The summed E-state index contributed by atoms with van der Waals surface area (Å²) in [4.78, 5) is 9.00. The number of aromatic nitrogens is 2. The minimum atomic E-state index is 0.466. The summed E-state index contributed by atoms with van der Waals surface area (Å²) in [6.07, 6.45) is 1.01. The maximum Gasteiger partial charge on any atom is 0.162 e. The summed E-state index contributed by atoms with van der Waals surface area (Å²) >= 11 is 0. The lowest BCUT2D eigenvalue weighted by molar-refractivity contribution is 0.415. The maximum atomic E-state index is 6.07. The quantitative estimate of drug-likeness (QED) is 0.797. The number of hydrogen-bond donors (Lipinski definition) is 1. The molecule has 0 unspecified atom stereocenters. The Morgan fingerprint density at radius 3 is 2.48 bits per heavy atom. The molecular weight excluding hydrogens is 262 g/mol. The van der Waals surface area contributed by atoms with E-state index in [0.717, 1.165) is 28.6 Å². The van der Waals surface area contributed by atoms with Gasteiger partial charge in [0.25, 0.3) is 0 Å². The molecule has 0 fully saturated rings. The lowest BCUT2D eigenvalue weighted by Crippen LogP contribution is -1.98. The maximum absolute atomic E-state index is 6.07. The van der Waals surface area contributed by atoms with Crippen molar-refractivity contribution in [3.63, 3.8) is 0 Å². The fraction of sp³-hybridized carbons (Fsp3) is 0.176. The van der Waals surface area contributed by atoms with E-state index in [9.17, 15) is 0 Å². The molecule has 0 saturated heterocycles. The van der Waals surface area contributed by atoms with E-state index in [-0.39, 0.29) is 0 Å². The van der Waals surface area contributed by atoms with Crippen molar-refractivity contribution < 1.29 is 4.74 Å². The normalized spacial score (nSPS) is 10.8. The Morgan fingerprint density at radius 1 is 1.05 bits per heavy atom. The zero-order valence-electron chi connectivity index (χ0n) is 12.1. The van der Waals surface area contributed by atoms with Gasteiger partial charge in [0.2, 0.25) is 0 Å². The molecule has 0 bridgehead atoms. The first-order chi connectivity index (χ1) is 10.2. The molecule has 21 heavy (non-hydrogen) atoms. The second-order valence-corrected chi connectivity index (χ2v) is 4.87. The summed E-state index contributed by atoms with van der Waals surface area (Å²) in [5.74, 6) is 1.86. The number of ether oxygens (including phenoxy) is 1. The van der Waals surface area contributed by atoms with Crippen molar-refractivity contribution in [2.45, 2.75) is 13.3 Å². The van der Waals surface area contributed by atoms with E-state index in [4.69, 9.17) is 10.5 Å². The third-order valence-corrected chi connectivity index (χ3v) is 3.55. The van der Waals surface area contributed by atoms with Crippen LogP contribution < -0.4 is 10.5 Å². The third kappa shape index (κ3) is 2.52. The molecule has 2 N–H and O–H groups in total. The van der Waals surface area contributed by atoms with Crippen LogP contribution in [0.25, 0.3) is 22.3 Å². The van der Waals surface area contributed by atoms with E-state index >= 15 is 0 Å². The summed E-state index contributed by atoms with van der Waals surface area (Å²) < 4.78 is 5.21. The third-order valence-electron chi connectivity index (χ3n) is 3.55. The molecule has 4 nitrogen and oxygen atoms in total. The van der Waals surface area contributed by atoms with Crippen LogP contribution in [-0.4, -0.2) is 17.1 Å². The Morgan fingerprint density at radius 2 is 1.81 bits per heavy atom. The largest absolute Gasteiger partial charge is 0.497 e. The molecule has 3 rings (SSSR count). The molecule has 1 aromatic heterocycles. The first-order valence-electron chi connectivity index (χ1n) is 6.92. The van der Waals surface area contributed by atoms with E-state index in [1.807, 2.05) is 30.3 Å². The van der Waals surface area contributed by atoms with Crippen LogP contribution in [0.4, 0.5) is 5.82 Å². The lowest BCUT2D eigenvalue weighted by Gasteiger charge is -2.07. The number of anilines is 1. The summed E-state index contributed by atoms with van der Waals surface area (Å²) in [7, 11) is 1.63. The van der Waals surface area contributed by atoms with Gasteiger partial charge in [-0.05, 0) is 30.2 Å². The van der Waals surface area contributed by atoms with Gasteiger partial charge < -0.3 is 10.5 Å². The molecule has 0 saturated carbocycles. The van der Waals surface area contributed by atoms with Gasteiger partial charge in [-0.15, -0.1) is 0 Å². The summed E-state index contributed by atoms with van der Waals surface area (Å²) in [6.45, 7) is 2.13. The number of rotatable bonds is 3. The van der Waals surface area contributed by atoms with Gasteiger partial charge in [0.1, 0.15) is 11.6 Å². The molecule has 1 heterocycles. The first-order valence-corrected chi connectivity index (χ1v) is 6.92. The van der Waals surface area contributed by atoms with E-state index < -0.39 is 0 Å². The molecule has 3 aromatic rings. The predicted molar refractivity (Wildman–Crippen MR) is 85.3 cm³/mol. The molecule has 0 aliphatic rings. The van der Waals surface area contributed by atoms with E-state index in [0.29, 0.717) is 11.6 Å². The van der Waals surface area contributed by atoms with Gasteiger partial charge in [-0.25, -0.2) is 9.97 Å². The molecule has 0 amide bonds. The second-order valence-electron chi connectivity index (χ2n) is 4.87. The van der Waals surface area contributed by atoms with Crippen molar-refractivity contribution in [1.29, 1.82) is 0 Å². The second kappa shape index (κ2) is 5.40. The minimum Gasteiger partial charge on any atom is -0.497 e. The van der Waals surface area contributed by atoms with Gasteiger partial charge >= 0.3 is 0 Å². The van der Waals surface area contributed by atoms with E-state index in [1.165, 1.54) is 5.56 Å². The summed E-state index contributed by atoms with van der Waals surface area (Å²) in [6, 6.07) is 13.9. The SMILES string of the molecule is CCc1ccc(-c2nc(N)c3cc(OC)ccc3n2)cc1. The van der Waals surface area contributed by atoms with Crippen molar-refractivity contribution in [3.05, 3.63) is 48.0 Å². The molecule has 106 valence electrons. The van der Waals surface area contributed by atoms with Gasteiger partial charge in [-0.1, -0.05) is 31.2 Å². The number of fused-ring (bicyclic) bond motifs is 1. The molecule has 0 aliphatic heterocycles. The molecular formula is C17H17N3O. The Balaban J connectivity index is 2.11. The minimum absolute atomic E-state index is 0.466. The fourth-order valence-corrected chi connectivity index (χ4v) is 2.28. The highest BCUT2D eigenvalue weighted by Crippen LogP contribution is 2.26. The van der Waals surface area contributed by atoms with Crippen molar-refractivity contribution >= 4 is 16.7 Å². The number of aryl methyl sites for hydroxylation is 1. The molecule has 4 heteroatoms. The molecule has 0 aliphatic carbocycles. The van der Waals surface area contributed by atoms with E-state index in [1.54, 1.807) is 7.11 Å². The number of benzene rings is 2. The van der Waals surface area contributed by atoms with Crippen molar-refractivity contribution in [1.82, 2.24) is 9.97 Å². The van der Waals surface area contributed by atoms with Crippen LogP contribution >= 0.6 is 0 Å². The molecule has 0 spiro atoms. The molecule has 0 atom stereocenters. The summed E-state index contributed by atoms with van der Waals surface area (Å²) in [5, 5.41) is 0.809. The van der Waals surface area contributed by atoms with Crippen LogP contribution in [0.1, 0.15) is 12.5 Å². The highest BCUT2D eigenvalue weighted by Gasteiger charge is 2.08. The lowest BCUT2D eigenvalue weighted by atomic mass is 10.1. The number of hydrogen-bond acceptors (Lipinski definition) is 4. The fourth-order valence-electron chi connectivity index (χ4n) is 2.28. The Hall–Kier alpha value is -2.62. The monoisotopic (exact) mass is 279 g/mol. The Bertz CT molecular complexity index is 782. The van der Waals surface area contributed by atoms with Crippen LogP contribution in [0.5, 0.6) is 5.75 Å². The van der Waals surface area contributed by atoms with Gasteiger partial charge in [-0.3, -0.25) is 0 Å². The van der Waals surface area contributed by atoms with E-state index in [2.05, 4.69) is 29.0 Å². The zero-order chi connectivity index (χ0) is 14.8. The predicted octanol–water partition coefficient (Wildman–Crippen LogP) is 3.45. The van der Waals surface area contributed by atoms with Crippen molar-refractivity contribution in [2.24, 2.45) is 0 Å². The number of methoxy groups -OCH3 is 1. The van der Waals surface area contributed by atoms with Crippen LogP contribution in [0.2, 0.25) is 0 Å². The van der Waals surface area contributed by atoms with Crippen LogP contribution in [-0.2, 0) is 6.42 Å². The average molecular weight is 279 g/mol. The Kier molecular flexibility index (Phi) is 3.44. The van der Waals surface area contributed by atoms with Gasteiger partial charge in [0.15, 0.2) is 5.82 Å². The number of nitrogens with zero attached hydrogens (tertiary/aromatic N) is 2. The van der Waals surface area contributed by atoms with Gasteiger partial charge in [-0.2, -0.15) is 0 Å². The van der Waals surface area contributed by atoms with Crippen molar-refractivity contribution in [3.8, 4) is 17.1 Å². The van der Waals surface area contributed by atoms with Gasteiger partial charge in [0, 0.05) is 10.9 Å². The van der Waals surface area contributed by atoms with Crippen LogP contribution in [0.3, 0.4) is 0 Å². The number of nitrogens with two attached hydrogens (primary N) is 1. The first kappa shape index (κ1) is 13.4. The van der Waals surface area contributed by atoms with Crippen molar-refractivity contribution in [2.75, 3.05) is 12.8 Å². The topological polar surface area (TPSA) is 61.0 Å². The van der Waals surface area contributed by atoms with Gasteiger partial charge in [0.05, 0.1) is 12.6 Å². The highest BCUT2D eigenvalue weighted by atomic mass is 16.5. The number of nitrogen functional groups attached to an aromatic ring is 1. The molecule has 0 radical (unpaired) electrons. The smallest absolute Gasteiger partial charge is 0.162 e. The Labute approximate surface area is 123 Å². The highest BCUT2D eigenvalue weighted by molar-refractivity contribution is 5.90. The van der Waals surface area contributed by atoms with Crippen LogP contribution in [0.15, 0.2) is 42.5 Å².